The quantitative estimate of drug-likeness (QED) is 0.669. The molecule has 0 unspecified atom stereocenters. The van der Waals surface area contributed by atoms with Crippen molar-refractivity contribution < 1.29 is 9.59 Å². The van der Waals surface area contributed by atoms with Gasteiger partial charge in [0.25, 0.3) is 0 Å². The van der Waals surface area contributed by atoms with Gasteiger partial charge in [-0.1, -0.05) is 25.2 Å². The Labute approximate surface area is 161 Å². The van der Waals surface area contributed by atoms with E-state index in [4.69, 9.17) is 5.73 Å². The molecule has 2 rings (SSSR count). The number of amides is 2. The van der Waals surface area contributed by atoms with Gasteiger partial charge in [-0.05, 0) is 26.7 Å². The summed E-state index contributed by atoms with van der Waals surface area (Å²) < 4.78 is 2.85. The molecule has 0 fully saturated rings. The Morgan fingerprint density at radius 2 is 1.96 bits per heavy atom. The first-order chi connectivity index (χ1) is 12.2. The van der Waals surface area contributed by atoms with Crippen molar-refractivity contribution in [1.82, 2.24) is 14.8 Å². The number of thioether (sulfide) groups is 1. The molecular weight excluding hydrogens is 370 g/mol. The van der Waals surface area contributed by atoms with E-state index in [1.165, 1.54) is 23.1 Å². The third-order valence-corrected chi connectivity index (χ3v) is 6.21. The molecule has 0 aromatic carbocycles. The molecule has 0 aliphatic carbocycles. The Morgan fingerprint density at radius 1 is 1.27 bits per heavy atom. The van der Waals surface area contributed by atoms with Gasteiger partial charge in [0.1, 0.15) is 0 Å². The summed E-state index contributed by atoms with van der Waals surface area (Å²) in [6.45, 7) is 10.9. The first kappa shape index (κ1) is 20.4. The number of aryl methyl sites for hydroxylation is 2. The number of hydrogen-bond donors (Lipinski definition) is 2. The fourth-order valence-corrected chi connectivity index (χ4v) is 4.44. The van der Waals surface area contributed by atoms with E-state index < -0.39 is 0 Å². The molecule has 0 aliphatic rings. The minimum absolute atomic E-state index is 0.125. The van der Waals surface area contributed by atoms with Gasteiger partial charge >= 0.3 is 0 Å². The number of carbonyl (C=O) groups excluding carboxylic acids is 2. The van der Waals surface area contributed by atoms with E-state index >= 15 is 0 Å². The fourth-order valence-electron chi connectivity index (χ4n) is 2.54. The van der Waals surface area contributed by atoms with Gasteiger partial charge in [0, 0.05) is 17.8 Å². The summed E-state index contributed by atoms with van der Waals surface area (Å²) in [5, 5.41) is 7.92. The molecule has 2 heterocycles. The summed E-state index contributed by atoms with van der Waals surface area (Å²) in [7, 11) is 0. The van der Waals surface area contributed by atoms with Crippen molar-refractivity contribution in [2.45, 2.75) is 51.8 Å². The average Bonchev–Trinajstić information content (AvgIpc) is 2.99. The zero-order chi connectivity index (χ0) is 19.4. The second-order valence-corrected chi connectivity index (χ2v) is 8.84. The van der Waals surface area contributed by atoms with Gasteiger partial charge < -0.3 is 11.1 Å². The van der Waals surface area contributed by atoms with Crippen LogP contribution in [0.15, 0.2) is 4.21 Å². The average molecular weight is 396 g/mol. The molecule has 9 heteroatoms. The second-order valence-electron chi connectivity index (χ2n) is 6.60. The number of nitrogens with one attached hydrogen (secondary N) is 1. The molecule has 0 radical (unpaired) electrons. The third-order valence-electron chi connectivity index (χ3n) is 3.75. The fraction of sp³-hybridized carbons (Fsp3) is 0.529. The zero-order valence-electron chi connectivity index (χ0n) is 15.8. The van der Waals surface area contributed by atoms with Crippen molar-refractivity contribution in [3.05, 3.63) is 22.6 Å². The lowest BCUT2D eigenvalue weighted by molar-refractivity contribution is -0.116. The van der Waals surface area contributed by atoms with Crippen molar-refractivity contribution in [3.63, 3.8) is 0 Å². The number of primary amides is 1. The van der Waals surface area contributed by atoms with Crippen LogP contribution in [-0.2, 0) is 22.6 Å². The molecule has 0 atom stereocenters. The number of nitrogens with two attached hydrogens (primary N) is 1. The molecule has 0 saturated carbocycles. The van der Waals surface area contributed by atoms with Crippen LogP contribution in [-0.4, -0.2) is 32.3 Å². The molecule has 3 N–H and O–H groups in total. The lowest BCUT2D eigenvalue weighted by Gasteiger charge is -2.08. The summed E-state index contributed by atoms with van der Waals surface area (Å²) in [6.07, 6.45) is 0.262. The van der Waals surface area contributed by atoms with E-state index in [1.54, 1.807) is 0 Å². The van der Waals surface area contributed by atoms with E-state index in [2.05, 4.69) is 29.2 Å². The van der Waals surface area contributed by atoms with Gasteiger partial charge in [0.05, 0.1) is 27.8 Å². The Balaban J connectivity index is 2.04. The molecule has 2 aromatic rings. The summed E-state index contributed by atoms with van der Waals surface area (Å²) >= 11 is 2.69. The third kappa shape index (κ3) is 5.31. The molecule has 2 aromatic heterocycles. The molecule has 0 bridgehead atoms. The first-order valence-corrected chi connectivity index (χ1v) is 10.2. The van der Waals surface area contributed by atoms with Crippen molar-refractivity contribution in [2.75, 3.05) is 11.1 Å². The maximum atomic E-state index is 12.4. The summed E-state index contributed by atoms with van der Waals surface area (Å²) in [4.78, 5) is 27.7. The number of anilines is 1. The standard InChI is InChI=1S/C17H25N5O2S2/c1-9(2)7-22-12(5)13(10(3)21-22)6-15(24)20-17-19-11(4)16(26-17)25-8-14(18)23/h9H,6-8H2,1-5H3,(H2,18,23)(H,19,20,24). The maximum Gasteiger partial charge on any atom is 0.230 e. The minimum Gasteiger partial charge on any atom is -0.369 e. The number of thiazole rings is 1. The highest BCUT2D eigenvalue weighted by atomic mass is 32.2. The molecule has 2 amide bonds. The lowest BCUT2D eigenvalue weighted by atomic mass is 10.1. The molecule has 26 heavy (non-hydrogen) atoms. The minimum atomic E-state index is -0.377. The van der Waals surface area contributed by atoms with Gasteiger partial charge in [-0.3, -0.25) is 14.3 Å². The SMILES string of the molecule is Cc1nc(NC(=O)Cc2c(C)nn(CC(C)C)c2C)sc1SCC(N)=O. The molecule has 0 spiro atoms. The van der Waals surface area contributed by atoms with Crippen molar-refractivity contribution in [3.8, 4) is 0 Å². The molecular formula is C17H25N5O2S2. The van der Waals surface area contributed by atoms with Crippen LogP contribution in [0.5, 0.6) is 0 Å². The Morgan fingerprint density at radius 3 is 2.58 bits per heavy atom. The van der Waals surface area contributed by atoms with Crippen LogP contribution in [0.25, 0.3) is 0 Å². The Kier molecular flexibility index (Phi) is 6.82. The second kappa shape index (κ2) is 8.68. The number of rotatable bonds is 8. The summed E-state index contributed by atoms with van der Waals surface area (Å²) in [5.74, 6) is 0.187. The smallest absolute Gasteiger partial charge is 0.230 e. The topological polar surface area (TPSA) is 103 Å². The normalized spacial score (nSPS) is 11.2. The summed E-state index contributed by atoms with van der Waals surface area (Å²) in [6, 6.07) is 0. The van der Waals surface area contributed by atoms with E-state index in [9.17, 15) is 9.59 Å². The Hall–Kier alpha value is -1.87. The summed E-state index contributed by atoms with van der Waals surface area (Å²) in [5.41, 5.74) is 8.82. The molecule has 0 aliphatic heterocycles. The highest BCUT2D eigenvalue weighted by Crippen LogP contribution is 2.32. The van der Waals surface area contributed by atoms with Crippen LogP contribution in [0.3, 0.4) is 0 Å². The van der Waals surface area contributed by atoms with E-state index in [-0.39, 0.29) is 24.0 Å². The molecule has 0 saturated heterocycles. The van der Waals surface area contributed by atoms with Crippen LogP contribution >= 0.6 is 23.1 Å². The Bertz CT molecular complexity index is 810. The number of carbonyl (C=O) groups is 2. The van der Waals surface area contributed by atoms with E-state index in [1.807, 2.05) is 25.5 Å². The van der Waals surface area contributed by atoms with Crippen molar-refractivity contribution in [2.24, 2.45) is 11.7 Å². The van der Waals surface area contributed by atoms with Crippen molar-refractivity contribution in [1.29, 1.82) is 0 Å². The van der Waals surface area contributed by atoms with Crippen molar-refractivity contribution >= 4 is 40.0 Å². The predicted molar refractivity (Wildman–Crippen MR) is 106 cm³/mol. The van der Waals surface area contributed by atoms with Gasteiger partial charge in [-0.25, -0.2) is 4.98 Å². The predicted octanol–water partition coefficient (Wildman–Crippen LogP) is 2.68. The van der Waals surface area contributed by atoms with Gasteiger partial charge in [0.2, 0.25) is 11.8 Å². The maximum absolute atomic E-state index is 12.4. The van der Waals surface area contributed by atoms with Crippen LogP contribution in [0.4, 0.5) is 5.13 Å². The number of hydrogen-bond acceptors (Lipinski definition) is 6. The van der Waals surface area contributed by atoms with Gasteiger partial charge in [-0.2, -0.15) is 5.10 Å². The van der Waals surface area contributed by atoms with E-state index in [0.717, 1.165) is 33.4 Å². The van der Waals surface area contributed by atoms with E-state index in [0.29, 0.717) is 11.0 Å². The lowest BCUT2D eigenvalue weighted by Crippen LogP contribution is -2.15. The number of aromatic nitrogens is 3. The number of nitrogens with zero attached hydrogens (tertiary/aromatic N) is 3. The molecule has 142 valence electrons. The monoisotopic (exact) mass is 395 g/mol. The van der Waals surface area contributed by atoms with Gasteiger partial charge in [-0.15, -0.1) is 11.8 Å². The first-order valence-electron chi connectivity index (χ1n) is 8.38. The largest absolute Gasteiger partial charge is 0.369 e. The molecule has 7 nitrogen and oxygen atoms in total. The highest BCUT2D eigenvalue weighted by molar-refractivity contribution is 8.01. The van der Waals surface area contributed by atoms with Crippen LogP contribution in [0, 0.1) is 26.7 Å². The van der Waals surface area contributed by atoms with Crippen LogP contribution in [0.1, 0.15) is 36.5 Å². The highest BCUT2D eigenvalue weighted by Gasteiger charge is 2.17. The zero-order valence-corrected chi connectivity index (χ0v) is 17.4. The van der Waals surface area contributed by atoms with Gasteiger partial charge in [0.15, 0.2) is 5.13 Å². The van der Waals surface area contributed by atoms with Crippen LogP contribution < -0.4 is 11.1 Å². The van der Waals surface area contributed by atoms with Crippen LogP contribution in [0.2, 0.25) is 0 Å².